The first-order chi connectivity index (χ1) is 8.27. The Morgan fingerprint density at radius 1 is 1.44 bits per heavy atom. The predicted octanol–water partition coefficient (Wildman–Crippen LogP) is 3.12. The normalized spacial score (nSPS) is 13.1. The summed E-state index contributed by atoms with van der Waals surface area (Å²) in [5, 5.41) is 8.76. The van der Waals surface area contributed by atoms with Gasteiger partial charge in [0, 0.05) is 11.4 Å². The van der Waals surface area contributed by atoms with Gasteiger partial charge in [-0.1, -0.05) is 11.6 Å². The van der Waals surface area contributed by atoms with Crippen molar-refractivity contribution in [3.63, 3.8) is 0 Å². The summed E-state index contributed by atoms with van der Waals surface area (Å²) >= 11 is 5.67. The Hall–Kier alpha value is -1.56. The Labute approximate surface area is 105 Å². The number of halogens is 4. The molecule has 1 atom stereocenters. The summed E-state index contributed by atoms with van der Waals surface area (Å²) in [5.41, 5.74) is -1.22. The molecule has 1 aromatic rings. The Morgan fingerprint density at radius 2 is 2.06 bits per heavy atom. The minimum atomic E-state index is -4.59. The Bertz CT molecular complexity index is 471. The predicted molar refractivity (Wildman–Crippen MR) is 57.5 cm³/mol. The number of carbonyl (C=O) groups is 2. The van der Waals surface area contributed by atoms with Crippen molar-refractivity contribution in [3.05, 3.63) is 34.3 Å². The molecule has 0 aliphatic rings. The number of aldehydes is 1. The average molecular weight is 281 g/mol. The fourth-order valence-electron chi connectivity index (χ4n) is 1.44. The first-order valence-electron chi connectivity index (χ1n) is 4.80. The fourth-order valence-corrected chi connectivity index (χ4v) is 1.69. The van der Waals surface area contributed by atoms with Crippen LogP contribution in [0.3, 0.4) is 0 Å². The second kappa shape index (κ2) is 5.39. The second-order valence-corrected chi connectivity index (χ2v) is 3.93. The largest absolute Gasteiger partial charge is 0.481 e. The van der Waals surface area contributed by atoms with E-state index in [-0.39, 0.29) is 10.6 Å². The number of hydrogen-bond acceptors (Lipinski definition) is 2. The highest BCUT2D eigenvalue weighted by molar-refractivity contribution is 6.31. The van der Waals surface area contributed by atoms with Gasteiger partial charge >= 0.3 is 12.1 Å². The first kappa shape index (κ1) is 14.5. The van der Waals surface area contributed by atoms with E-state index < -0.39 is 30.0 Å². The molecule has 1 rings (SSSR count). The van der Waals surface area contributed by atoms with Gasteiger partial charge in [0.2, 0.25) is 0 Å². The van der Waals surface area contributed by atoms with Gasteiger partial charge in [0.05, 0.1) is 11.5 Å². The van der Waals surface area contributed by atoms with Crippen LogP contribution in [0.5, 0.6) is 0 Å². The topological polar surface area (TPSA) is 54.4 Å². The number of carbonyl (C=O) groups excluding carboxylic acids is 1. The van der Waals surface area contributed by atoms with Crippen molar-refractivity contribution in [2.45, 2.75) is 18.5 Å². The number of carboxylic acids is 1. The molecule has 0 fully saturated rings. The molecule has 1 unspecified atom stereocenters. The van der Waals surface area contributed by atoms with Crippen LogP contribution in [0.15, 0.2) is 18.2 Å². The molecule has 0 bridgehead atoms. The molecule has 0 spiro atoms. The SMILES string of the molecule is O=CCC(C(=O)O)c1cc(C(F)(F)F)ccc1Cl. The molecule has 0 saturated heterocycles. The molecule has 0 heterocycles. The van der Waals surface area contributed by atoms with Gasteiger partial charge in [0.15, 0.2) is 0 Å². The lowest BCUT2D eigenvalue weighted by atomic mass is 9.94. The minimum absolute atomic E-state index is 0.114. The molecule has 0 saturated carbocycles. The number of hydrogen-bond donors (Lipinski definition) is 1. The maximum atomic E-state index is 12.5. The summed E-state index contributed by atoms with van der Waals surface area (Å²) in [6.45, 7) is 0. The van der Waals surface area contributed by atoms with Crippen LogP contribution in [0, 0.1) is 0 Å². The molecule has 1 N–H and O–H groups in total. The van der Waals surface area contributed by atoms with Gasteiger partial charge in [-0.2, -0.15) is 13.2 Å². The Morgan fingerprint density at radius 3 is 2.50 bits per heavy atom. The number of rotatable bonds is 4. The Kier molecular flexibility index (Phi) is 4.34. The van der Waals surface area contributed by atoms with Crippen molar-refractivity contribution in [2.24, 2.45) is 0 Å². The molecule has 0 aliphatic heterocycles. The number of aliphatic carboxylic acids is 1. The zero-order chi connectivity index (χ0) is 13.9. The molecule has 18 heavy (non-hydrogen) atoms. The van der Waals surface area contributed by atoms with Crippen molar-refractivity contribution >= 4 is 23.9 Å². The third-order valence-electron chi connectivity index (χ3n) is 2.33. The van der Waals surface area contributed by atoms with Crippen molar-refractivity contribution in [1.29, 1.82) is 0 Å². The zero-order valence-electron chi connectivity index (χ0n) is 8.87. The highest BCUT2D eigenvalue weighted by atomic mass is 35.5. The first-order valence-corrected chi connectivity index (χ1v) is 5.18. The van der Waals surface area contributed by atoms with E-state index in [1.165, 1.54) is 0 Å². The van der Waals surface area contributed by atoms with Gasteiger partial charge in [0.1, 0.15) is 6.29 Å². The summed E-state index contributed by atoms with van der Waals surface area (Å²) < 4.78 is 37.5. The zero-order valence-corrected chi connectivity index (χ0v) is 9.63. The summed E-state index contributed by atoms with van der Waals surface area (Å²) in [4.78, 5) is 21.3. The van der Waals surface area contributed by atoms with Crippen LogP contribution in [-0.4, -0.2) is 17.4 Å². The third kappa shape index (κ3) is 3.22. The molecule has 0 radical (unpaired) electrons. The van der Waals surface area contributed by atoms with E-state index >= 15 is 0 Å². The lowest BCUT2D eigenvalue weighted by Gasteiger charge is -2.14. The lowest BCUT2D eigenvalue weighted by Crippen LogP contribution is -2.14. The van der Waals surface area contributed by atoms with E-state index in [9.17, 15) is 22.8 Å². The van der Waals surface area contributed by atoms with Crippen molar-refractivity contribution in [3.8, 4) is 0 Å². The minimum Gasteiger partial charge on any atom is -0.481 e. The smallest absolute Gasteiger partial charge is 0.416 e. The van der Waals surface area contributed by atoms with Gasteiger partial charge in [-0.05, 0) is 23.8 Å². The standard InChI is InChI=1S/C11H8ClF3O3/c12-9-2-1-6(11(13,14)15)5-8(9)7(3-4-16)10(17)18/h1-2,4-5,7H,3H2,(H,17,18). The monoisotopic (exact) mass is 280 g/mol. The maximum absolute atomic E-state index is 12.5. The van der Waals surface area contributed by atoms with E-state index in [1.54, 1.807) is 0 Å². The molecular weight excluding hydrogens is 273 g/mol. The van der Waals surface area contributed by atoms with Crippen LogP contribution < -0.4 is 0 Å². The quantitative estimate of drug-likeness (QED) is 0.862. The van der Waals surface area contributed by atoms with Crippen LogP contribution in [0.4, 0.5) is 13.2 Å². The molecule has 0 aliphatic carbocycles. The van der Waals surface area contributed by atoms with Crippen LogP contribution in [-0.2, 0) is 15.8 Å². The summed E-state index contributed by atoms with van der Waals surface area (Å²) in [6, 6.07) is 2.39. The molecule has 0 amide bonds. The highest BCUT2D eigenvalue weighted by Gasteiger charge is 2.32. The summed E-state index contributed by atoms with van der Waals surface area (Å²) in [7, 11) is 0. The number of benzene rings is 1. The summed E-state index contributed by atoms with van der Waals surface area (Å²) in [6.07, 6.45) is -4.70. The van der Waals surface area contributed by atoms with E-state index in [2.05, 4.69) is 0 Å². The Balaban J connectivity index is 3.29. The van der Waals surface area contributed by atoms with E-state index in [0.717, 1.165) is 12.1 Å². The maximum Gasteiger partial charge on any atom is 0.416 e. The third-order valence-corrected chi connectivity index (χ3v) is 2.67. The van der Waals surface area contributed by atoms with E-state index in [4.69, 9.17) is 16.7 Å². The van der Waals surface area contributed by atoms with Crippen LogP contribution >= 0.6 is 11.6 Å². The van der Waals surface area contributed by atoms with Gasteiger partial charge in [0.25, 0.3) is 0 Å². The lowest BCUT2D eigenvalue weighted by molar-refractivity contribution is -0.140. The van der Waals surface area contributed by atoms with Crippen LogP contribution in [0.1, 0.15) is 23.5 Å². The van der Waals surface area contributed by atoms with Crippen molar-refractivity contribution in [1.82, 2.24) is 0 Å². The van der Waals surface area contributed by atoms with Crippen molar-refractivity contribution < 1.29 is 27.9 Å². The van der Waals surface area contributed by atoms with Crippen LogP contribution in [0.25, 0.3) is 0 Å². The van der Waals surface area contributed by atoms with Gasteiger partial charge in [-0.15, -0.1) is 0 Å². The van der Waals surface area contributed by atoms with Gasteiger partial charge in [-0.25, -0.2) is 0 Å². The molecule has 7 heteroatoms. The number of carboxylic acid groups (broad SMARTS) is 1. The molecule has 0 aromatic heterocycles. The summed E-state index contributed by atoms with van der Waals surface area (Å²) in [5.74, 6) is -2.78. The van der Waals surface area contributed by atoms with Crippen molar-refractivity contribution in [2.75, 3.05) is 0 Å². The van der Waals surface area contributed by atoms with Gasteiger partial charge in [-0.3, -0.25) is 4.79 Å². The van der Waals surface area contributed by atoms with Crippen LogP contribution in [0.2, 0.25) is 5.02 Å². The fraction of sp³-hybridized carbons (Fsp3) is 0.273. The van der Waals surface area contributed by atoms with E-state index in [0.29, 0.717) is 12.4 Å². The molecule has 1 aromatic carbocycles. The highest BCUT2D eigenvalue weighted by Crippen LogP contribution is 2.35. The second-order valence-electron chi connectivity index (χ2n) is 3.53. The molecule has 98 valence electrons. The number of alkyl halides is 3. The molecule has 3 nitrogen and oxygen atoms in total. The van der Waals surface area contributed by atoms with Gasteiger partial charge < -0.3 is 9.90 Å². The molecular formula is C11H8ClF3O3. The van der Waals surface area contributed by atoms with E-state index in [1.807, 2.05) is 0 Å². The average Bonchev–Trinajstić information content (AvgIpc) is 2.25.